The molecule has 0 saturated carbocycles. The summed E-state index contributed by atoms with van der Waals surface area (Å²) in [5.74, 6) is 0.500. The summed E-state index contributed by atoms with van der Waals surface area (Å²) in [5.41, 5.74) is 4.58. The minimum atomic E-state index is -0.165. The topological polar surface area (TPSA) is 50.2 Å². The quantitative estimate of drug-likeness (QED) is 0.503. The van der Waals surface area contributed by atoms with E-state index in [0.29, 0.717) is 17.9 Å². The van der Waals surface area contributed by atoms with Crippen LogP contribution in [0.2, 0.25) is 0 Å². The van der Waals surface area contributed by atoms with Crippen molar-refractivity contribution in [3.63, 3.8) is 0 Å². The van der Waals surface area contributed by atoms with Crippen molar-refractivity contribution in [2.45, 2.75) is 6.54 Å². The van der Waals surface area contributed by atoms with Gasteiger partial charge in [0.1, 0.15) is 5.82 Å². The van der Waals surface area contributed by atoms with E-state index in [-0.39, 0.29) is 5.91 Å². The van der Waals surface area contributed by atoms with Crippen LogP contribution in [-0.2, 0) is 6.54 Å². The Bertz CT molecular complexity index is 1130. The molecule has 0 atom stereocenters. The number of nitrogens with one attached hydrogen (secondary N) is 1. The Balaban J connectivity index is 1.66. The van der Waals surface area contributed by atoms with Crippen molar-refractivity contribution in [1.29, 1.82) is 0 Å². The molecule has 0 saturated heterocycles. The van der Waals surface area contributed by atoms with Gasteiger partial charge in [-0.25, -0.2) is 0 Å². The SMILES string of the molecule is CN(C)c1cccc(CNc2cc(-c3ccccc3)nn2C(=O)c2ccccc2)c1. The van der Waals surface area contributed by atoms with E-state index in [1.807, 2.05) is 74.8 Å². The highest BCUT2D eigenvalue weighted by Gasteiger charge is 2.17. The second-order valence-corrected chi connectivity index (χ2v) is 7.28. The molecule has 0 amide bonds. The Morgan fingerprint density at radius 1 is 0.900 bits per heavy atom. The van der Waals surface area contributed by atoms with Crippen LogP contribution < -0.4 is 10.2 Å². The van der Waals surface area contributed by atoms with Gasteiger partial charge in [-0.1, -0.05) is 60.7 Å². The van der Waals surface area contributed by atoms with Crippen molar-refractivity contribution < 1.29 is 4.79 Å². The van der Waals surface area contributed by atoms with Gasteiger partial charge >= 0.3 is 0 Å². The lowest BCUT2D eigenvalue weighted by atomic mass is 10.1. The smallest absolute Gasteiger partial charge is 0.280 e. The molecule has 4 rings (SSSR count). The van der Waals surface area contributed by atoms with Gasteiger partial charge in [-0.2, -0.15) is 9.78 Å². The van der Waals surface area contributed by atoms with Gasteiger partial charge in [0.15, 0.2) is 0 Å². The first-order valence-electron chi connectivity index (χ1n) is 9.87. The highest BCUT2D eigenvalue weighted by atomic mass is 16.2. The molecule has 5 nitrogen and oxygen atoms in total. The van der Waals surface area contributed by atoms with E-state index in [2.05, 4.69) is 33.5 Å². The first-order chi connectivity index (χ1) is 14.6. The Morgan fingerprint density at radius 3 is 2.30 bits per heavy atom. The first kappa shape index (κ1) is 19.5. The molecule has 0 spiro atoms. The van der Waals surface area contributed by atoms with Gasteiger partial charge < -0.3 is 10.2 Å². The molecular weight excluding hydrogens is 372 g/mol. The van der Waals surface area contributed by atoms with Gasteiger partial charge in [0.05, 0.1) is 5.69 Å². The van der Waals surface area contributed by atoms with E-state index < -0.39 is 0 Å². The summed E-state index contributed by atoms with van der Waals surface area (Å²) in [5, 5.41) is 8.01. The molecule has 0 fully saturated rings. The second kappa shape index (κ2) is 8.66. The summed E-state index contributed by atoms with van der Waals surface area (Å²) in [7, 11) is 4.04. The maximum absolute atomic E-state index is 13.1. The molecule has 5 heteroatoms. The summed E-state index contributed by atoms with van der Waals surface area (Å²) in [6.07, 6.45) is 0. The largest absolute Gasteiger partial charge is 0.378 e. The molecular formula is C25H24N4O. The van der Waals surface area contributed by atoms with Crippen LogP contribution in [0, 0.1) is 0 Å². The number of nitrogens with zero attached hydrogens (tertiary/aromatic N) is 3. The van der Waals surface area contributed by atoms with Crippen LogP contribution in [0.3, 0.4) is 0 Å². The van der Waals surface area contributed by atoms with Crippen LogP contribution >= 0.6 is 0 Å². The number of anilines is 2. The number of hydrogen-bond donors (Lipinski definition) is 1. The van der Waals surface area contributed by atoms with Crippen molar-refractivity contribution in [3.05, 3.63) is 102 Å². The van der Waals surface area contributed by atoms with Gasteiger partial charge in [-0.05, 0) is 29.8 Å². The van der Waals surface area contributed by atoms with Gasteiger partial charge in [-0.3, -0.25) is 4.79 Å². The molecule has 30 heavy (non-hydrogen) atoms. The highest BCUT2D eigenvalue weighted by Crippen LogP contribution is 2.23. The molecule has 0 unspecified atom stereocenters. The fourth-order valence-electron chi connectivity index (χ4n) is 3.25. The number of carbonyl (C=O) groups is 1. The molecule has 0 radical (unpaired) electrons. The average Bonchev–Trinajstić information content (AvgIpc) is 3.23. The summed E-state index contributed by atoms with van der Waals surface area (Å²) in [6, 6.07) is 29.3. The summed E-state index contributed by atoms with van der Waals surface area (Å²) in [6.45, 7) is 0.587. The third kappa shape index (κ3) is 4.25. The lowest BCUT2D eigenvalue weighted by molar-refractivity contribution is 0.0948. The number of benzene rings is 3. The van der Waals surface area contributed by atoms with E-state index >= 15 is 0 Å². The molecule has 0 aliphatic carbocycles. The molecule has 4 aromatic rings. The highest BCUT2D eigenvalue weighted by molar-refractivity contribution is 5.97. The van der Waals surface area contributed by atoms with E-state index in [4.69, 9.17) is 0 Å². The van der Waals surface area contributed by atoms with Crippen molar-refractivity contribution in [3.8, 4) is 11.3 Å². The normalized spacial score (nSPS) is 10.6. The standard InChI is InChI=1S/C25H24N4O/c1-28(2)22-15-9-10-19(16-22)18-26-24-17-23(20-11-5-3-6-12-20)27-29(24)25(30)21-13-7-4-8-14-21/h3-17,26H,18H2,1-2H3. The number of hydrogen-bond acceptors (Lipinski definition) is 4. The van der Waals surface area contributed by atoms with E-state index in [1.54, 1.807) is 12.1 Å². The molecule has 1 N–H and O–H groups in total. The van der Waals surface area contributed by atoms with Crippen molar-refractivity contribution in [2.24, 2.45) is 0 Å². The monoisotopic (exact) mass is 396 g/mol. The zero-order valence-electron chi connectivity index (χ0n) is 17.1. The zero-order chi connectivity index (χ0) is 20.9. The van der Waals surface area contributed by atoms with E-state index in [1.165, 1.54) is 4.68 Å². The molecule has 0 aliphatic rings. The van der Waals surface area contributed by atoms with Gasteiger partial charge in [0.2, 0.25) is 0 Å². The van der Waals surface area contributed by atoms with E-state index in [9.17, 15) is 4.79 Å². The molecule has 0 bridgehead atoms. The van der Waals surface area contributed by atoms with Crippen LogP contribution in [0.4, 0.5) is 11.5 Å². The Kier molecular flexibility index (Phi) is 5.61. The minimum Gasteiger partial charge on any atom is -0.378 e. The maximum atomic E-state index is 13.1. The molecule has 1 aromatic heterocycles. The van der Waals surface area contributed by atoms with Gasteiger partial charge in [0, 0.05) is 43.5 Å². The fraction of sp³-hybridized carbons (Fsp3) is 0.120. The maximum Gasteiger partial charge on any atom is 0.280 e. The van der Waals surface area contributed by atoms with Crippen molar-refractivity contribution >= 4 is 17.4 Å². The lowest BCUT2D eigenvalue weighted by Crippen LogP contribution is -2.17. The number of carbonyl (C=O) groups excluding carboxylic acids is 1. The van der Waals surface area contributed by atoms with Crippen LogP contribution in [0.1, 0.15) is 15.9 Å². The third-order valence-electron chi connectivity index (χ3n) is 4.89. The van der Waals surface area contributed by atoms with Crippen LogP contribution in [0.15, 0.2) is 91.0 Å². The fourth-order valence-corrected chi connectivity index (χ4v) is 3.25. The predicted molar refractivity (Wildman–Crippen MR) is 122 cm³/mol. The third-order valence-corrected chi connectivity index (χ3v) is 4.89. The van der Waals surface area contributed by atoms with Crippen LogP contribution in [0.5, 0.6) is 0 Å². The minimum absolute atomic E-state index is 0.165. The van der Waals surface area contributed by atoms with E-state index in [0.717, 1.165) is 22.5 Å². The van der Waals surface area contributed by atoms with Gasteiger partial charge in [-0.15, -0.1) is 0 Å². The predicted octanol–water partition coefficient (Wildman–Crippen LogP) is 4.92. The summed E-state index contributed by atoms with van der Waals surface area (Å²) in [4.78, 5) is 15.2. The zero-order valence-corrected chi connectivity index (χ0v) is 17.1. The number of aromatic nitrogens is 2. The average molecular weight is 396 g/mol. The summed E-state index contributed by atoms with van der Waals surface area (Å²) >= 11 is 0. The molecule has 150 valence electrons. The Morgan fingerprint density at radius 2 is 1.60 bits per heavy atom. The van der Waals surface area contributed by atoms with Gasteiger partial charge in [0.25, 0.3) is 5.91 Å². The molecule has 1 heterocycles. The molecule has 3 aromatic carbocycles. The second-order valence-electron chi connectivity index (χ2n) is 7.28. The lowest BCUT2D eigenvalue weighted by Gasteiger charge is -2.14. The first-order valence-corrected chi connectivity index (χ1v) is 9.87. The van der Waals surface area contributed by atoms with Crippen LogP contribution in [-0.4, -0.2) is 29.8 Å². The van der Waals surface area contributed by atoms with Crippen molar-refractivity contribution in [2.75, 3.05) is 24.3 Å². The van der Waals surface area contributed by atoms with Crippen LogP contribution in [0.25, 0.3) is 11.3 Å². The number of rotatable bonds is 6. The molecule has 0 aliphatic heterocycles. The Labute approximate surface area is 176 Å². The van der Waals surface area contributed by atoms with Crippen molar-refractivity contribution in [1.82, 2.24) is 9.78 Å². The Hall–Kier alpha value is -3.86. The summed E-state index contributed by atoms with van der Waals surface area (Å²) < 4.78 is 1.45.